The number of aryl methyl sites for hydroxylation is 1. The van der Waals surface area contributed by atoms with Crippen LogP contribution in [0.25, 0.3) is 0 Å². The lowest BCUT2D eigenvalue weighted by atomic mass is 9.99. The molecule has 0 radical (unpaired) electrons. The summed E-state index contributed by atoms with van der Waals surface area (Å²) in [6.45, 7) is 5.94. The molecule has 0 atom stereocenters. The lowest BCUT2D eigenvalue weighted by Gasteiger charge is -2.32. The molecule has 1 saturated heterocycles. The highest BCUT2D eigenvalue weighted by Crippen LogP contribution is 2.34. The summed E-state index contributed by atoms with van der Waals surface area (Å²) in [7, 11) is 3.37. The minimum atomic E-state index is 0.783. The number of piperidine rings is 1. The molecule has 2 aliphatic heterocycles. The normalized spacial score (nSPS) is 16.9. The van der Waals surface area contributed by atoms with Crippen molar-refractivity contribution in [2.45, 2.75) is 39.2 Å². The van der Waals surface area contributed by atoms with Crippen LogP contribution < -0.4 is 19.3 Å². The van der Waals surface area contributed by atoms with Crippen molar-refractivity contribution in [3.63, 3.8) is 0 Å². The highest BCUT2D eigenvalue weighted by atomic mass is 16.5. The van der Waals surface area contributed by atoms with Gasteiger partial charge < -0.3 is 19.3 Å². The van der Waals surface area contributed by atoms with E-state index in [9.17, 15) is 0 Å². The molecule has 1 fully saturated rings. The smallest absolute Gasteiger partial charge is 0.227 e. The lowest BCUT2D eigenvalue weighted by molar-refractivity contribution is 0.353. The van der Waals surface area contributed by atoms with Gasteiger partial charge in [0.05, 0.1) is 14.2 Å². The van der Waals surface area contributed by atoms with Gasteiger partial charge in [-0.1, -0.05) is 0 Å². The molecule has 1 aromatic carbocycles. The van der Waals surface area contributed by atoms with Crippen molar-refractivity contribution in [3.8, 4) is 11.5 Å². The maximum Gasteiger partial charge on any atom is 0.227 e. The van der Waals surface area contributed by atoms with Crippen molar-refractivity contribution in [2.24, 2.45) is 0 Å². The van der Waals surface area contributed by atoms with E-state index < -0.39 is 0 Å². The van der Waals surface area contributed by atoms with Crippen LogP contribution in [0.1, 0.15) is 36.1 Å². The number of aromatic nitrogens is 2. The second-order valence-corrected chi connectivity index (χ2v) is 7.36. The molecule has 0 saturated carbocycles. The average molecular weight is 368 g/mol. The van der Waals surface area contributed by atoms with Crippen LogP contribution in [0.15, 0.2) is 18.2 Å². The summed E-state index contributed by atoms with van der Waals surface area (Å²) in [5.41, 5.74) is 3.62. The number of benzene rings is 1. The van der Waals surface area contributed by atoms with Gasteiger partial charge in [0, 0.05) is 37.9 Å². The predicted octanol–water partition coefficient (Wildman–Crippen LogP) is 3.36. The standard InChI is InChI=1S/C21H28N4O2/c1-15-11-20(23-21(22-15)24-8-5-4-6-9-24)25-10-7-16-12-18(26-2)19(27-3)13-17(16)14-25/h11-13H,4-10,14H2,1-3H3. The van der Waals surface area contributed by atoms with E-state index in [0.29, 0.717) is 0 Å². The van der Waals surface area contributed by atoms with E-state index in [1.165, 1.54) is 30.4 Å². The molecule has 0 aliphatic carbocycles. The Morgan fingerprint density at radius 1 is 0.815 bits per heavy atom. The fraction of sp³-hybridized carbons (Fsp3) is 0.524. The zero-order valence-corrected chi connectivity index (χ0v) is 16.5. The number of rotatable bonds is 4. The molecule has 2 aromatic rings. The van der Waals surface area contributed by atoms with Crippen molar-refractivity contribution in [2.75, 3.05) is 43.7 Å². The summed E-state index contributed by atoms with van der Waals surface area (Å²) >= 11 is 0. The minimum Gasteiger partial charge on any atom is -0.493 e. The second-order valence-electron chi connectivity index (χ2n) is 7.36. The van der Waals surface area contributed by atoms with Crippen LogP contribution in [-0.2, 0) is 13.0 Å². The van der Waals surface area contributed by atoms with Gasteiger partial charge in [-0.3, -0.25) is 0 Å². The first-order valence-electron chi connectivity index (χ1n) is 9.77. The Bertz CT molecular complexity index is 818. The maximum atomic E-state index is 5.49. The molecular formula is C21H28N4O2. The molecule has 2 aliphatic rings. The van der Waals surface area contributed by atoms with Crippen LogP contribution in [0.4, 0.5) is 11.8 Å². The molecule has 4 rings (SSSR count). The van der Waals surface area contributed by atoms with Crippen LogP contribution in [0.2, 0.25) is 0 Å². The first-order valence-corrected chi connectivity index (χ1v) is 9.77. The molecule has 1 aromatic heterocycles. The van der Waals surface area contributed by atoms with E-state index in [2.05, 4.69) is 34.9 Å². The van der Waals surface area contributed by atoms with E-state index in [1.807, 2.05) is 0 Å². The topological polar surface area (TPSA) is 50.7 Å². The van der Waals surface area contributed by atoms with E-state index in [-0.39, 0.29) is 0 Å². The lowest BCUT2D eigenvalue weighted by Crippen LogP contribution is -2.34. The monoisotopic (exact) mass is 368 g/mol. The van der Waals surface area contributed by atoms with Crippen molar-refractivity contribution in [1.29, 1.82) is 0 Å². The summed E-state index contributed by atoms with van der Waals surface area (Å²) in [6, 6.07) is 6.30. The first kappa shape index (κ1) is 17.9. The quantitative estimate of drug-likeness (QED) is 0.825. The van der Waals surface area contributed by atoms with E-state index in [0.717, 1.165) is 61.6 Å². The summed E-state index contributed by atoms with van der Waals surface area (Å²) in [5.74, 6) is 3.48. The van der Waals surface area contributed by atoms with Crippen molar-refractivity contribution >= 4 is 11.8 Å². The fourth-order valence-corrected chi connectivity index (χ4v) is 4.01. The fourth-order valence-electron chi connectivity index (χ4n) is 4.01. The van der Waals surface area contributed by atoms with Crippen LogP contribution in [-0.4, -0.2) is 43.8 Å². The Morgan fingerprint density at radius 3 is 2.22 bits per heavy atom. The Morgan fingerprint density at radius 2 is 1.52 bits per heavy atom. The number of hydrogen-bond donors (Lipinski definition) is 0. The van der Waals surface area contributed by atoms with Gasteiger partial charge in [-0.15, -0.1) is 0 Å². The molecule has 6 heteroatoms. The number of methoxy groups -OCH3 is 2. The molecule has 0 N–H and O–H groups in total. The Hall–Kier alpha value is -2.50. The van der Waals surface area contributed by atoms with Gasteiger partial charge in [0.25, 0.3) is 0 Å². The number of ether oxygens (including phenoxy) is 2. The molecular weight excluding hydrogens is 340 g/mol. The summed E-state index contributed by atoms with van der Waals surface area (Å²) in [6.07, 6.45) is 4.73. The van der Waals surface area contributed by atoms with Gasteiger partial charge in [-0.05, 0) is 55.9 Å². The van der Waals surface area contributed by atoms with E-state index >= 15 is 0 Å². The third-order valence-corrected chi connectivity index (χ3v) is 5.51. The van der Waals surface area contributed by atoms with Crippen LogP contribution in [0, 0.1) is 6.92 Å². The van der Waals surface area contributed by atoms with Gasteiger partial charge >= 0.3 is 0 Å². The number of hydrogen-bond acceptors (Lipinski definition) is 6. The second kappa shape index (κ2) is 7.62. The molecule has 0 unspecified atom stereocenters. The Labute approximate surface area is 161 Å². The van der Waals surface area contributed by atoms with E-state index in [1.54, 1.807) is 14.2 Å². The van der Waals surface area contributed by atoms with Gasteiger partial charge in [0.15, 0.2) is 11.5 Å². The SMILES string of the molecule is COc1cc2c(cc1OC)CN(c1cc(C)nc(N3CCCCC3)n1)CC2. The molecule has 6 nitrogen and oxygen atoms in total. The zero-order chi connectivity index (χ0) is 18.8. The molecule has 144 valence electrons. The van der Waals surface area contributed by atoms with Crippen molar-refractivity contribution in [3.05, 3.63) is 35.0 Å². The van der Waals surface area contributed by atoms with Crippen molar-refractivity contribution < 1.29 is 9.47 Å². The van der Waals surface area contributed by atoms with Crippen LogP contribution in [0.3, 0.4) is 0 Å². The summed E-state index contributed by atoms with van der Waals surface area (Å²) < 4.78 is 10.9. The average Bonchev–Trinajstić information content (AvgIpc) is 2.72. The highest BCUT2D eigenvalue weighted by Gasteiger charge is 2.22. The number of nitrogens with zero attached hydrogens (tertiary/aromatic N) is 4. The summed E-state index contributed by atoms with van der Waals surface area (Å²) in [5, 5.41) is 0. The van der Waals surface area contributed by atoms with Gasteiger partial charge in [0.1, 0.15) is 5.82 Å². The number of fused-ring (bicyclic) bond motifs is 1. The number of anilines is 2. The molecule has 3 heterocycles. The van der Waals surface area contributed by atoms with Gasteiger partial charge in [-0.25, -0.2) is 4.98 Å². The Kier molecular flexibility index (Phi) is 5.05. The third-order valence-electron chi connectivity index (χ3n) is 5.51. The first-order chi connectivity index (χ1) is 13.2. The molecule has 0 spiro atoms. The Balaban J connectivity index is 1.61. The molecule has 27 heavy (non-hydrogen) atoms. The molecule has 0 amide bonds. The third kappa shape index (κ3) is 3.66. The minimum absolute atomic E-state index is 0.783. The highest BCUT2D eigenvalue weighted by molar-refractivity contribution is 5.53. The van der Waals surface area contributed by atoms with Crippen LogP contribution in [0.5, 0.6) is 11.5 Å². The van der Waals surface area contributed by atoms with Gasteiger partial charge in [-0.2, -0.15) is 4.98 Å². The maximum absolute atomic E-state index is 5.49. The van der Waals surface area contributed by atoms with E-state index in [4.69, 9.17) is 19.4 Å². The van der Waals surface area contributed by atoms with Crippen molar-refractivity contribution in [1.82, 2.24) is 9.97 Å². The zero-order valence-electron chi connectivity index (χ0n) is 16.5. The largest absolute Gasteiger partial charge is 0.493 e. The molecule has 0 bridgehead atoms. The summed E-state index contributed by atoms with van der Waals surface area (Å²) in [4.78, 5) is 14.3. The van der Waals surface area contributed by atoms with Crippen LogP contribution >= 0.6 is 0 Å². The predicted molar refractivity (Wildman–Crippen MR) is 107 cm³/mol. The van der Waals surface area contributed by atoms with Gasteiger partial charge in [0.2, 0.25) is 5.95 Å².